The number of nitrogens with one attached hydrogen (secondary N) is 1. The zero-order valence-electron chi connectivity index (χ0n) is 17.3. The van der Waals surface area contributed by atoms with E-state index in [1.165, 1.54) is 12.1 Å². The first kappa shape index (κ1) is 26.0. The van der Waals surface area contributed by atoms with Crippen LogP contribution in [0, 0.1) is 0 Å². The molecule has 1 heterocycles. The van der Waals surface area contributed by atoms with E-state index in [9.17, 15) is 21.6 Å². The van der Waals surface area contributed by atoms with Crippen molar-refractivity contribution in [3.05, 3.63) is 35.4 Å². The van der Waals surface area contributed by atoms with Crippen LogP contribution in [-0.4, -0.2) is 56.5 Å². The van der Waals surface area contributed by atoms with E-state index in [1.807, 2.05) is 18.7 Å². The summed E-state index contributed by atoms with van der Waals surface area (Å²) in [7, 11) is -1.56. The van der Waals surface area contributed by atoms with Gasteiger partial charge in [-0.15, -0.1) is 24.0 Å². The number of aliphatic imine (C=N–C) groups is 1. The summed E-state index contributed by atoms with van der Waals surface area (Å²) in [5, 5.41) is 3.20. The predicted octanol–water partition coefficient (Wildman–Crippen LogP) is 3.69. The average Bonchev–Trinajstić information content (AvgIpc) is 2.58. The summed E-state index contributed by atoms with van der Waals surface area (Å²) in [6, 6.07) is 5.31. The summed E-state index contributed by atoms with van der Waals surface area (Å²) in [6.45, 7) is 8.07. The minimum Gasteiger partial charge on any atom is -0.355 e. The molecule has 0 aliphatic carbocycles. The molecule has 1 aliphatic rings. The first-order valence-corrected chi connectivity index (χ1v) is 10.7. The van der Waals surface area contributed by atoms with Gasteiger partial charge in [0.1, 0.15) is 0 Å². The highest BCUT2D eigenvalue weighted by Gasteiger charge is 2.41. The van der Waals surface area contributed by atoms with E-state index in [-0.39, 0.29) is 29.7 Å². The fourth-order valence-electron chi connectivity index (χ4n) is 3.18. The zero-order chi connectivity index (χ0) is 21.4. The minimum atomic E-state index is -4.39. The van der Waals surface area contributed by atoms with Crippen molar-refractivity contribution < 1.29 is 21.6 Å². The van der Waals surface area contributed by atoms with Crippen molar-refractivity contribution in [1.82, 2.24) is 10.2 Å². The average molecular weight is 547 g/mol. The second-order valence-electron chi connectivity index (χ2n) is 8.36. The van der Waals surface area contributed by atoms with Crippen molar-refractivity contribution in [1.29, 1.82) is 0 Å². The van der Waals surface area contributed by atoms with Gasteiger partial charge in [-0.05, 0) is 25.5 Å². The normalized spacial score (nSPS) is 19.4. The first-order valence-electron chi connectivity index (χ1n) is 9.05. The zero-order valence-corrected chi connectivity index (χ0v) is 20.4. The molecule has 1 aromatic carbocycles. The summed E-state index contributed by atoms with van der Waals surface area (Å²) in [4.78, 5) is 6.11. The maximum absolute atomic E-state index is 13.0. The van der Waals surface area contributed by atoms with Gasteiger partial charge in [-0.25, -0.2) is 8.42 Å². The lowest BCUT2D eigenvalue weighted by atomic mass is 9.84. The van der Waals surface area contributed by atoms with Crippen molar-refractivity contribution in [3.8, 4) is 0 Å². The monoisotopic (exact) mass is 547 g/mol. The molecule has 0 bridgehead atoms. The summed E-state index contributed by atoms with van der Waals surface area (Å²) < 4.78 is 62.5. The fourth-order valence-corrected chi connectivity index (χ4v) is 4.54. The van der Waals surface area contributed by atoms with E-state index >= 15 is 0 Å². The van der Waals surface area contributed by atoms with E-state index in [4.69, 9.17) is 0 Å². The third-order valence-corrected chi connectivity index (χ3v) is 7.75. The molecule has 1 aliphatic heterocycles. The number of hydrogen-bond acceptors (Lipinski definition) is 3. The van der Waals surface area contributed by atoms with E-state index in [0.717, 1.165) is 6.07 Å². The number of rotatable bonds is 3. The Bertz CT molecular complexity index is 853. The van der Waals surface area contributed by atoms with Crippen LogP contribution in [0.2, 0.25) is 0 Å². The molecule has 1 saturated heterocycles. The molecular formula is C19H29F3IN3O2S. The highest BCUT2D eigenvalue weighted by atomic mass is 127. The topological polar surface area (TPSA) is 61.8 Å². The lowest BCUT2D eigenvalue weighted by Gasteiger charge is -2.40. The van der Waals surface area contributed by atoms with Gasteiger partial charge in [0.25, 0.3) is 0 Å². The van der Waals surface area contributed by atoms with Gasteiger partial charge in [-0.2, -0.15) is 13.2 Å². The molecule has 5 nitrogen and oxygen atoms in total. The van der Waals surface area contributed by atoms with E-state index in [1.54, 1.807) is 27.0 Å². The molecule has 0 unspecified atom stereocenters. The Morgan fingerprint density at radius 1 is 1.24 bits per heavy atom. The van der Waals surface area contributed by atoms with Gasteiger partial charge in [0.05, 0.1) is 16.1 Å². The molecule has 0 spiro atoms. The highest BCUT2D eigenvalue weighted by Crippen LogP contribution is 2.32. The smallest absolute Gasteiger partial charge is 0.355 e. The molecule has 0 amide bonds. The number of guanidine groups is 1. The van der Waals surface area contributed by atoms with Crippen molar-refractivity contribution in [2.75, 3.05) is 32.4 Å². The summed E-state index contributed by atoms with van der Waals surface area (Å²) >= 11 is 0. The number of nitrogens with zero attached hydrogens (tertiary/aromatic N) is 2. The maximum Gasteiger partial charge on any atom is 0.416 e. The Labute approximate surface area is 188 Å². The predicted molar refractivity (Wildman–Crippen MR) is 121 cm³/mol. The Morgan fingerprint density at radius 2 is 1.83 bits per heavy atom. The summed E-state index contributed by atoms with van der Waals surface area (Å²) in [5.74, 6) is 0.584. The van der Waals surface area contributed by atoms with Crippen LogP contribution >= 0.6 is 24.0 Å². The lowest BCUT2D eigenvalue weighted by molar-refractivity contribution is -0.137. The second kappa shape index (κ2) is 8.99. The largest absolute Gasteiger partial charge is 0.416 e. The van der Waals surface area contributed by atoms with Gasteiger partial charge in [-0.3, -0.25) is 4.99 Å². The molecule has 0 aromatic heterocycles. The van der Waals surface area contributed by atoms with Gasteiger partial charge < -0.3 is 10.2 Å². The van der Waals surface area contributed by atoms with Gasteiger partial charge in [0.2, 0.25) is 0 Å². The molecule has 166 valence electrons. The maximum atomic E-state index is 13.0. The number of hydrogen-bond donors (Lipinski definition) is 1. The van der Waals surface area contributed by atoms with Gasteiger partial charge >= 0.3 is 6.18 Å². The first-order chi connectivity index (χ1) is 12.7. The second-order valence-corrected chi connectivity index (χ2v) is 11.1. The van der Waals surface area contributed by atoms with Crippen LogP contribution in [0.25, 0.3) is 0 Å². The Hall–Kier alpha value is -1.04. The third-order valence-electron chi connectivity index (χ3n) is 5.21. The Balaban J connectivity index is 0.00000420. The Kier molecular flexibility index (Phi) is 8.06. The van der Waals surface area contributed by atoms with Crippen LogP contribution in [-0.2, 0) is 21.4 Å². The van der Waals surface area contributed by atoms with Crippen LogP contribution in [0.5, 0.6) is 0 Å². The van der Waals surface area contributed by atoms with Crippen LogP contribution < -0.4 is 5.32 Å². The standard InChI is InChI=1S/C19H28F3N3O2S.HI/c1-17(2,14-7-6-8-15(11-14)19(20,21)22)12-24-16(23-5)25-9-10-28(26,27)18(3,4)13-25;/h6-8,11H,9-10,12-13H2,1-5H3,(H,23,24);1H. The molecule has 29 heavy (non-hydrogen) atoms. The lowest BCUT2D eigenvalue weighted by Crippen LogP contribution is -2.58. The molecular weight excluding hydrogens is 518 g/mol. The molecule has 0 radical (unpaired) electrons. The minimum absolute atomic E-state index is 0. The number of halogens is 4. The summed E-state index contributed by atoms with van der Waals surface area (Å²) in [5.41, 5.74) is -0.702. The molecule has 0 saturated carbocycles. The van der Waals surface area contributed by atoms with Crippen LogP contribution in [0.1, 0.15) is 38.8 Å². The van der Waals surface area contributed by atoms with Crippen molar-refractivity contribution in [3.63, 3.8) is 0 Å². The van der Waals surface area contributed by atoms with Crippen LogP contribution in [0.15, 0.2) is 29.3 Å². The van der Waals surface area contributed by atoms with E-state index in [0.29, 0.717) is 31.2 Å². The van der Waals surface area contributed by atoms with Crippen LogP contribution in [0.4, 0.5) is 13.2 Å². The molecule has 1 fully saturated rings. The number of benzene rings is 1. The van der Waals surface area contributed by atoms with Crippen LogP contribution in [0.3, 0.4) is 0 Å². The fraction of sp³-hybridized carbons (Fsp3) is 0.632. The van der Waals surface area contributed by atoms with E-state index < -0.39 is 31.7 Å². The van der Waals surface area contributed by atoms with Gasteiger partial charge in [0.15, 0.2) is 15.8 Å². The van der Waals surface area contributed by atoms with Crippen molar-refractivity contribution in [2.24, 2.45) is 4.99 Å². The van der Waals surface area contributed by atoms with E-state index in [2.05, 4.69) is 10.3 Å². The number of sulfone groups is 1. The molecule has 2 rings (SSSR count). The third kappa shape index (κ3) is 5.99. The molecule has 10 heteroatoms. The molecule has 1 aromatic rings. The Morgan fingerprint density at radius 3 is 2.34 bits per heavy atom. The number of alkyl halides is 3. The molecule has 0 atom stereocenters. The molecule has 1 N–H and O–H groups in total. The SMILES string of the molecule is CN=C(NCC(C)(C)c1cccc(C(F)(F)F)c1)N1CCS(=O)(=O)C(C)(C)C1.I. The van der Waals surface area contributed by atoms with Gasteiger partial charge in [-0.1, -0.05) is 32.0 Å². The highest BCUT2D eigenvalue weighted by molar-refractivity contribution is 14.0. The van der Waals surface area contributed by atoms with Gasteiger partial charge in [0, 0.05) is 32.1 Å². The van der Waals surface area contributed by atoms with Crippen molar-refractivity contribution in [2.45, 2.75) is 44.0 Å². The van der Waals surface area contributed by atoms with Crippen molar-refractivity contribution >= 4 is 39.8 Å². The quantitative estimate of drug-likeness (QED) is 0.357. The summed E-state index contributed by atoms with van der Waals surface area (Å²) in [6.07, 6.45) is -4.39.